The van der Waals surface area contributed by atoms with Gasteiger partial charge in [0.05, 0.1) is 0 Å². The number of esters is 1. The van der Waals surface area contributed by atoms with Gasteiger partial charge in [0, 0.05) is 12.3 Å². The Labute approximate surface area is 196 Å². The first-order valence-electron chi connectivity index (χ1n) is 14.0. The van der Waals surface area contributed by atoms with E-state index in [0.29, 0.717) is 29.5 Å². The molecule has 182 valence electrons. The Kier molecular flexibility index (Phi) is 7.42. The van der Waals surface area contributed by atoms with Crippen molar-refractivity contribution in [1.82, 2.24) is 0 Å². The Bertz CT molecular complexity index is 686. The molecule has 3 heteroatoms. The van der Waals surface area contributed by atoms with Crippen LogP contribution < -0.4 is 0 Å². The van der Waals surface area contributed by atoms with Crippen molar-refractivity contribution in [3.05, 3.63) is 0 Å². The Morgan fingerprint density at radius 2 is 1.56 bits per heavy atom. The van der Waals surface area contributed by atoms with Gasteiger partial charge in [-0.2, -0.15) is 0 Å². The highest BCUT2D eigenvalue weighted by molar-refractivity contribution is 5.79. The van der Waals surface area contributed by atoms with Crippen LogP contribution in [-0.4, -0.2) is 17.9 Å². The first-order chi connectivity index (χ1) is 15.3. The van der Waals surface area contributed by atoms with Crippen LogP contribution in [0.5, 0.6) is 0 Å². The number of carbonyl (C=O) groups is 2. The average Bonchev–Trinajstić information content (AvgIpc) is 3.11. The molecule has 0 bridgehead atoms. The summed E-state index contributed by atoms with van der Waals surface area (Å²) in [7, 11) is 0. The van der Waals surface area contributed by atoms with E-state index in [1.807, 2.05) is 6.92 Å². The fourth-order valence-electron chi connectivity index (χ4n) is 9.11. The van der Waals surface area contributed by atoms with Gasteiger partial charge < -0.3 is 4.74 Å². The summed E-state index contributed by atoms with van der Waals surface area (Å²) in [5.41, 5.74) is 0.654. The summed E-state index contributed by atoms with van der Waals surface area (Å²) >= 11 is 0. The summed E-state index contributed by atoms with van der Waals surface area (Å²) in [6, 6.07) is 0. The maximum atomic E-state index is 12.4. The average molecular weight is 445 g/mol. The van der Waals surface area contributed by atoms with Gasteiger partial charge in [0.2, 0.25) is 0 Å². The molecule has 4 rings (SSSR count). The number of hydrogen-bond acceptors (Lipinski definition) is 3. The molecule has 4 aliphatic rings. The summed E-state index contributed by atoms with van der Waals surface area (Å²) < 4.78 is 5.98. The summed E-state index contributed by atoms with van der Waals surface area (Å²) in [6.45, 7) is 9.07. The maximum Gasteiger partial charge on any atom is 0.306 e. The van der Waals surface area contributed by atoms with Gasteiger partial charge in [0.25, 0.3) is 0 Å². The van der Waals surface area contributed by atoms with Crippen LogP contribution in [0.25, 0.3) is 0 Å². The topological polar surface area (TPSA) is 43.4 Å². The molecule has 0 amide bonds. The molecule has 0 aromatic carbocycles. The zero-order valence-corrected chi connectivity index (χ0v) is 21.3. The highest BCUT2D eigenvalue weighted by Gasteiger charge is 2.60. The van der Waals surface area contributed by atoms with E-state index in [1.165, 1.54) is 57.8 Å². The van der Waals surface area contributed by atoms with Gasteiger partial charge in [-0.1, -0.05) is 46.5 Å². The third kappa shape index (κ3) is 4.43. The number of carbonyl (C=O) groups excluding carboxylic acids is 2. The van der Waals surface area contributed by atoms with E-state index in [4.69, 9.17) is 4.74 Å². The van der Waals surface area contributed by atoms with Crippen LogP contribution in [0.4, 0.5) is 0 Å². The Morgan fingerprint density at radius 3 is 2.31 bits per heavy atom. The van der Waals surface area contributed by atoms with Crippen molar-refractivity contribution in [1.29, 1.82) is 0 Å². The van der Waals surface area contributed by atoms with Crippen LogP contribution in [0.2, 0.25) is 0 Å². The van der Waals surface area contributed by atoms with Crippen LogP contribution in [-0.2, 0) is 14.3 Å². The molecule has 0 N–H and O–H groups in total. The van der Waals surface area contributed by atoms with E-state index in [2.05, 4.69) is 20.8 Å². The normalized spacial score (nSPS) is 43.1. The molecule has 0 saturated heterocycles. The fourth-order valence-corrected chi connectivity index (χ4v) is 9.11. The van der Waals surface area contributed by atoms with Crippen molar-refractivity contribution >= 4 is 11.8 Å². The van der Waals surface area contributed by atoms with Crippen molar-refractivity contribution < 1.29 is 14.3 Å². The molecule has 0 radical (unpaired) electrons. The van der Waals surface area contributed by atoms with Crippen molar-refractivity contribution in [2.45, 2.75) is 130 Å². The minimum Gasteiger partial charge on any atom is -0.462 e. The summed E-state index contributed by atoms with van der Waals surface area (Å²) in [5.74, 6) is 3.84. The lowest BCUT2D eigenvalue weighted by Gasteiger charge is -2.61. The summed E-state index contributed by atoms with van der Waals surface area (Å²) in [6.07, 6.45) is 17.5. The number of ether oxygens (including phenoxy) is 1. The van der Waals surface area contributed by atoms with Gasteiger partial charge >= 0.3 is 5.97 Å². The van der Waals surface area contributed by atoms with E-state index >= 15 is 0 Å². The van der Waals surface area contributed by atoms with Gasteiger partial charge in [-0.3, -0.25) is 9.59 Å². The van der Waals surface area contributed by atoms with Gasteiger partial charge in [-0.25, -0.2) is 0 Å². The lowest BCUT2D eigenvalue weighted by atomic mass is 9.44. The van der Waals surface area contributed by atoms with Gasteiger partial charge in [0.15, 0.2) is 0 Å². The van der Waals surface area contributed by atoms with Gasteiger partial charge in [-0.05, 0) is 106 Å². The number of Topliss-reactive ketones (excluding diaryl/α,β-unsaturated/α-hetero) is 1. The van der Waals surface area contributed by atoms with Crippen molar-refractivity contribution in [2.75, 3.05) is 0 Å². The molecule has 0 heterocycles. The second kappa shape index (κ2) is 9.79. The second-order valence-corrected chi connectivity index (χ2v) is 12.5. The Balaban J connectivity index is 1.33. The fraction of sp³-hybridized carbons (Fsp3) is 0.931. The summed E-state index contributed by atoms with van der Waals surface area (Å²) in [5, 5.41) is 0. The third-order valence-corrected chi connectivity index (χ3v) is 10.9. The van der Waals surface area contributed by atoms with Crippen molar-refractivity contribution in [3.8, 4) is 0 Å². The van der Waals surface area contributed by atoms with E-state index in [9.17, 15) is 9.59 Å². The number of unbranched alkanes of at least 4 members (excludes halogenated alkanes) is 4. The lowest BCUT2D eigenvalue weighted by molar-refractivity contribution is -0.163. The molecule has 0 spiro atoms. The number of fused-ring (bicyclic) bond motifs is 5. The molecule has 4 fully saturated rings. The SMILES string of the molecule is CCCCCCCC(=O)O[C@H]1CC[C@@]2(C)[C@@H](CC[C@@H]3[C@@H]2CC[C@]2(C)[C@@H](C(C)=O)CC[C@@H]32)C1. The molecule has 4 aliphatic carbocycles. The quantitative estimate of drug-likeness (QED) is 0.287. The predicted molar refractivity (Wildman–Crippen MR) is 129 cm³/mol. The van der Waals surface area contributed by atoms with Crippen LogP contribution in [0.15, 0.2) is 0 Å². The molecule has 3 nitrogen and oxygen atoms in total. The third-order valence-electron chi connectivity index (χ3n) is 10.9. The van der Waals surface area contributed by atoms with Gasteiger partial charge in [0.1, 0.15) is 11.9 Å². The molecular formula is C29H48O3. The van der Waals surface area contributed by atoms with E-state index in [-0.39, 0.29) is 17.5 Å². The Morgan fingerprint density at radius 1 is 0.844 bits per heavy atom. The minimum atomic E-state index is 0.0402. The van der Waals surface area contributed by atoms with E-state index in [1.54, 1.807) is 0 Å². The van der Waals surface area contributed by atoms with Crippen LogP contribution in [0.3, 0.4) is 0 Å². The first-order valence-corrected chi connectivity index (χ1v) is 14.0. The zero-order chi connectivity index (χ0) is 22.9. The summed E-state index contributed by atoms with van der Waals surface area (Å²) in [4.78, 5) is 24.8. The van der Waals surface area contributed by atoms with Gasteiger partial charge in [-0.15, -0.1) is 0 Å². The largest absolute Gasteiger partial charge is 0.462 e. The predicted octanol–water partition coefficient (Wildman–Crippen LogP) is 7.51. The minimum absolute atomic E-state index is 0.0402. The number of hydrogen-bond donors (Lipinski definition) is 0. The van der Waals surface area contributed by atoms with E-state index in [0.717, 1.165) is 49.9 Å². The second-order valence-electron chi connectivity index (χ2n) is 12.5. The zero-order valence-electron chi connectivity index (χ0n) is 21.3. The smallest absolute Gasteiger partial charge is 0.306 e. The highest BCUT2D eigenvalue weighted by atomic mass is 16.5. The molecule has 0 aromatic rings. The monoisotopic (exact) mass is 444 g/mol. The van der Waals surface area contributed by atoms with E-state index < -0.39 is 0 Å². The van der Waals surface area contributed by atoms with Crippen LogP contribution in [0, 0.1) is 40.4 Å². The maximum absolute atomic E-state index is 12.4. The molecule has 8 atom stereocenters. The van der Waals surface area contributed by atoms with Crippen molar-refractivity contribution in [2.24, 2.45) is 40.4 Å². The lowest BCUT2D eigenvalue weighted by Crippen LogP contribution is -2.54. The molecule has 4 saturated carbocycles. The molecule has 0 aliphatic heterocycles. The number of ketones is 1. The Hall–Kier alpha value is -0.860. The molecule has 32 heavy (non-hydrogen) atoms. The molecule has 0 aromatic heterocycles. The van der Waals surface area contributed by atoms with Crippen LogP contribution >= 0.6 is 0 Å². The molecular weight excluding hydrogens is 396 g/mol. The standard InChI is InChI=1S/C29H48O3/c1-5-6-7-8-9-10-27(31)32-22-15-17-28(3)21(19-22)11-12-23-25-14-13-24(20(2)30)29(25,4)18-16-26(23)28/h21-26H,5-19H2,1-4H3/t21-,22-,23-,24+,25-,26-,28-,29+/m0/s1. The highest BCUT2D eigenvalue weighted by Crippen LogP contribution is 2.67. The first kappa shape index (κ1) is 24.3. The van der Waals surface area contributed by atoms with Crippen molar-refractivity contribution in [3.63, 3.8) is 0 Å². The molecule has 0 unspecified atom stereocenters. The number of rotatable bonds is 8. The van der Waals surface area contributed by atoms with Crippen LogP contribution in [0.1, 0.15) is 124 Å².